The van der Waals surface area contributed by atoms with Gasteiger partial charge in [-0.3, -0.25) is 4.99 Å². The summed E-state index contributed by atoms with van der Waals surface area (Å²) in [6.45, 7) is 0. The molecule has 0 bridgehead atoms. The third kappa shape index (κ3) is 2.90. The highest BCUT2D eigenvalue weighted by Crippen LogP contribution is 2.44. The molecule has 0 aliphatic carbocycles. The molecule has 0 aromatic heterocycles. The maximum atomic E-state index is 13.3. The van der Waals surface area contributed by atoms with Crippen LogP contribution >= 0.6 is 27.7 Å². The van der Waals surface area contributed by atoms with E-state index in [2.05, 4.69) is 20.9 Å². The molecule has 2 aliphatic rings. The molecule has 2 atom stereocenters. The average molecular weight is 380 g/mol. The van der Waals surface area contributed by atoms with Crippen LogP contribution in [0.4, 0.5) is 17.6 Å². The van der Waals surface area contributed by atoms with E-state index in [0.717, 1.165) is 11.8 Å². The summed E-state index contributed by atoms with van der Waals surface area (Å²) in [6, 6.07) is 4.36. The summed E-state index contributed by atoms with van der Waals surface area (Å²) in [5.74, 6) is -0.0949. The Morgan fingerprint density at radius 3 is 2.71 bits per heavy atom. The molecule has 0 N–H and O–H groups in total. The van der Waals surface area contributed by atoms with Crippen LogP contribution in [0, 0.1) is 5.82 Å². The molecule has 1 aromatic rings. The van der Waals surface area contributed by atoms with Crippen LogP contribution in [-0.4, -0.2) is 22.9 Å². The molecule has 21 heavy (non-hydrogen) atoms. The van der Waals surface area contributed by atoms with Crippen LogP contribution in [0.5, 0.6) is 0 Å². The van der Waals surface area contributed by atoms with Crippen LogP contribution in [0.3, 0.4) is 0 Å². The lowest BCUT2D eigenvalue weighted by atomic mass is 9.89. The minimum atomic E-state index is -4.46. The Kier molecular flexibility index (Phi) is 3.90. The van der Waals surface area contributed by atoms with E-state index >= 15 is 0 Å². The molecule has 1 nitrogen and oxygen atoms in total. The predicted molar refractivity (Wildman–Crippen MR) is 79.3 cm³/mol. The van der Waals surface area contributed by atoms with Gasteiger partial charge in [-0.15, -0.1) is 0 Å². The molecule has 0 saturated carbocycles. The quantitative estimate of drug-likeness (QED) is 0.619. The van der Waals surface area contributed by atoms with Gasteiger partial charge in [0.05, 0.1) is 9.72 Å². The largest absolute Gasteiger partial charge is 0.433 e. The highest BCUT2D eigenvalue weighted by Gasteiger charge is 2.42. The van der Waals surface area contributed by atoms with Crippen LogP contribution in [-0.2, 0) is 0 Å². The summed E-state index contributed by atoms with van der Waals surface area (Å²) in [7, 11) is 0. The number of aliphatic imine (C=N–C) groups is 1. The molecule has 1 aromatic carbocycles. The number of hydrogen-bond donors (Lipinski definition) is 0. The summed E-state index contributed by atoms with van der Waals surface area (Å²) in [4.78, 5) is 3.78. The van der Waals surface area contributed by atoms with Gasteiger partial charge >= 0.3 is 6.18 Å². The first-order valence-corrected chi connectivity index (χ1v) is 8.13. The second-order valence-electron chi connectivity index (χ2n) is 4.89. The first-order chi connectivity index (χ1) is 9.86. The van der Waals surface area contributed by atoms with E-state index in [0.29, 0.717) is 17.7 Å². The number of nitrogens with zero attached hydrogens (tertiary/aromatic N) is 1. The molecular formula is C14H10BrF4NS. The van der Waals surface area contributed by atoms with Gasteiger partial charge in [0.25, 0.3) is 0 Å². The van der Waals surface area contributed by atoms with E-state index in [-0.39, 0.29) is 9.72 Å². The predicted octanol–water partition coefficient (Wildman–Crippen LogP) is 5.08. The number of halogens is 5. The van der Waals surface area contributed by atoms with Crippen molar-refractivity contribution in [2.24, 2.45) is 4.99 Å². The maximum Gasteiger partial charge on any atom is 0.433 e. The highest BCUT2D eigenvalue weighted by atomic mass is 79.9. The van der Waals surface area contributed by atoms with Crippen molar-refractivity contribution < 1.29 is 17.6 Å². The van der Waals surface area contributed by atoms with Crippen molar-refractivity contribution >= 4 is 33.4 Å². The molecule has 0 radical (unpaired) electrons. The molecule has 7 heteroatoms. The van der Waals surface area contributed by atoms with Gasteiger partial charge in [-0.25, -0.2) is 4.39 Å². The van der Waals surface area contributed by atoms with Crippen LogP contribution < -0.4 is 0 Å². The Balaban J connectivity index is 2.05. The first kappa shape index (κ1) is 15.1. The smallest absolute Gasteiger partial charge is 0.252 e. The minimum Gasteiger partial charge on any atom is -0.252 e. The van der Waals surface area contributed by atoms with E-state index in [1.54, 1.807) is 17.8 Å². The average Bonchev–Trinajstić information content (AvgIpc) is 2.88. The Morgan fingerprint density at radius 2 is 2.05 bits per heavy atom. The van der Waals surface area contributed by atoms with Gasteiger partial charge in [-0.2, -0.15) is 24.9 Å². The number of alkyl halides is 3. The molecule has 0 amide bonds. The Hall–Kier alpha value is -0.820. The molecule has 112 valence electrons. The summed E-state index contributed by atoms with van der Waals surface area (Å²) in [6.07, 6.45) is -2.73. The lowest BCUT2D eigenvalue weighted by Crippen LogP contribution is -2.27. The van der Waals surface area contributed by atoms with Crippen LogP contribution in [0.2, 0.25) is 0 Å². The van der Waals surface area contributed by atoms with Crippen LogP contribution in [0.1, 0.15) is 17.9 Å². The molecule has 3 rings (SSSR count). The second-order valence-corrected chi connectivity index (χ2v) is 7.00. The number of benzene rings is 1. The number of thioether (sulfide) groups is 1. The van der Waals surface area contributed by atoms with Gasteiger partial charge in [0.2, 0.25) is 0 Å². The normalized spacial score (nSPS) is 25.4. The summed E-state index contributed by atoms with van der Waals surface area (Å²) in [5.41, 5.74) is 0.402. The van der Waals surface area contributed by atoms with Gasteiger partial charge in [0.15, 0.2) is 0 Å². The zero-order chi connectivity index (χ0) is 15.2. The fraction of sp³-hybridized carbons (Fsp3) is 0.357. The van der Waals surface area contributed by atoms with E-state index in [1.165, 1.54) is 12.1 Å². The maximum absolute atomic E-state index is 13.3. The van der Waals surface area contributed by atoms with Crippen molar-refractivity contribution in [2.75, 3.05) is 5.75 Å². The molecule has 1 fully saturated rings. The standard InChI is InChI=1S/C14H10BrF4NS/c15-9-5-7(1-2-10(9)16)8-6-12(14(17,18)19)20-11-3-4-21-13(8)11/h1-2,5-6,8,13H,3-4H2. The van der Waals surface area contributed by atoms with Crippen molar-refractivity contribution in [1.82, 2.24) is 0 Å². The number of rotatable bonds is 1. The third-order valence-corrected chi connectivity index (χ3v) is 5.50. The van der Waals surface area contributed by atoms with E-state index in [1.807, 2.05) is 0 Å². The summed E-state index contributed by atoms with van der Waals surface area (Å²) in [5, 5.41) is -0.0894. The summed E-state index contributed by atoms with van der Waals surface area (Å²) < 4.78 is 52.5. The number of allylic oxidation sites excluding steroid dienone is 2. The zero-order valence-electron chi connectivity index (χ0n) is 10.6. The van der Waals surface area contributed by atoms with Crippen LogP contribution in [0.25, 0.3) is 0 Å². The molecule has 2 heterocycles. The molecule has 0 spiro atoms. The van der Waals surface area contributed by atoms with Gasteiger partial charge in [0, 0.05) is 11.6 Å². The Morgan fingerprint density at radius 1 is 1.29 bits per heavy atom. The monoisotopic (exact) mass is 379 g/mol. The lowest BCUT2D eigenvalue weighted by Gasteiger charge is -2.26. The van der Waals surface area contributed by atoms with Gasteiger partial charge in [-0.1, -0.05) is 6.07 Å². The topological polar surface area (TPSA) is 12.4 Å². The van der Waals surface area contributed by atoms with Crippen molar-refractivity contribution in [3.05, 3.63) is 45.8 Å². The van der Waals surface area contributed by atoms with E-state index in [9.17, 15) is 17.6 Å². The molecule has 2 aliphatic heterocycles. The fourth-order valence-corrected chi connectivity index (χ4v) is 4.34. The molecular weight excluding hydrogens is 370 g/mol. The van der Waals surface area contributed by atoms with Crippen molar-refractivity contribution in [2.45, 2.75) is 23.8 Å². The highest BCUT2D eigenvalue weighted by molar-refractivity contribution is 9.10. The lowest BCUT2D eigenvalue weighted by molar-refractivity contribution is -0.0928. The zero-order valence-corrected chi connectivity index (χ0v) is 13.0. The Labute approximate surface area is 131 Å². The number of hydrogen-bond acceptors (Lipinski definition) is 2. The van der Waals surface area contributed by atoms with E-state index in [4.69, 9.17) is 0 Å². The fourth-order valence-electron chi connectivity index (χ4n) is 2.56. The Bertz CT molecular complexity index is 638. The van der Waals surface area contributed by atoms with Crippen molar-refractivity contribution in [1.29, 1.82) is 0 Å². The first-order valence-electron chi connectivity index (χ1n) is 6.29. The van der Waals surface area contributed by atoms with Crippen molar-refractivity contribution in [3.63, 3.8) is 0 Å². The molecule has 2 unspecified atom stereocenters. The minimum absolute atomic E-state index is 0.0894. The third-order valence-electron chi connectivity index (χ3n) is 3.53. The number of fused-ring (bicyclic) bond motifs is 1. The van der Waals surface area contributed by atoms with E-state index < -0.39 is 23.6 Å². The SMILES string of the molecule is Fc1ccc(C2C=C(C(F)(F)F)N=C3CCSC32)cc1Br. The van der Waals surface area contributed by atoms with Crippen LogP contribution in [0.15, 0.2) is 39.4 Å². The summed E-state index contributed by atoms with van der Waals surface area (Å²) >= 11 is 4.69. The second kappa shape index (κ2) is 5.43. The van der Waals surface area contributed by atoms with Crippen molar-refractivity contribution in [3.8, 4) is 0 Å². The van der Waals surface area contributed by atoms with Gasteiger partial charge in [0.1, 0.15) is 11.5 Å². The van der Waals surface area contributed by atoms with Gasteiger partial charge < -0.3 is 0 Å². The van der Waals surface area contributed by atoms with Gasteiger partial charge in [-0.05, 0) is 51.9 Å². The molecule has 1 saturated heterocycles.